The maximum absolute atomic E-state index is 12.2. The summed E-state index contributed by atoms with van der Waals surface area (Å²) >= 11 is 1.55. The van der Waals surface area contributed by atoms with Crippen molar-refractivity contribution in [2.45, 2.75) is 51.0 Å². The van der Waals surface area contributed by atoms with Crippen molar-refractivity contribution in [3.8, 4) is 0 Å². The molecule has 1 heterocycles. The largest absolute Gasteiger partial charge is 0.339 e. The minimum Gasteiger partial charge on any atom is -0.339 e. The molecule has 104 valence electrons. The Kier molecular flexibility index (Phi) is 5.58. The molecule has 1 aromatic rings. The van der Waals surface area contributed by atoms with Gasteiger partial charge >= 0.3 is 0 Å². The first-order valence-electron chi connectivity index (χ1n) is 7.10. The highest BCUT2D eigenvalue weighted by atomic mass is 32.1. The van der Waals surface area contributed by atoms with Gasteiger partial charge in [0.2, 0.25) is 5.91 Å². The number of aromatic nitrogens is 1. The van der Waals surface area contributed by atoms with Crippen LogP contribution in [0.2, 0.25) is 0 Å². The van der Waals surface area contributed by atoms with E-state index in [9.17, 15) is 4.79 Å². The Hall–Kier alpha value is -1.16. The minimum absolute atomic E-state index is 0.0959. The van der Waals surface area contributed by atoms with Crippen LogP contribution in [0, 0.1) is 0 Å². The summed E-state index contributed by atoms with van der Waals surface area (Å²) in [4.78, 5) is 18.2. The van der Waals surface area contributed by atoms with Gasteiger partial charge in [-0.3, -0.25) is 4.79 Å². The minimum atomic E-state index is 0.0959. The monoisotopic (exact) mass is 278 g/mol. The van der Waals surface area contributed by atoms with Crippen LogP contribution in [0.4, 0.5) is 0 Å². The number of carbonyl (C=O) groups excluding carboxylic acids is 1. The summed E-state index contributed by atoms with van der Waals surface area (Å²) < 4.78 is 0. The van der Waals surface area contributed by atoms with Crippen LogP contribution in [0.15, 0.2) is 17.0 Å². The van der Waals surface area contributed by atoms with E-state index in [4.69, 9.17) is 0 Å². The zero-order chi connectivity index (χ0) is 13.5. The van der Waals surface area contributed by atoms with Gasteiger partial charge in [0.25, 0.3) is 0 Å². The zero-order valence-corrected chi connectivity index (χ0v) is 12.4. The fourth-order valence-corrected chi connectivity index (χ4v) is 3.10. The second-order valence-corrected chi connectivity index (χ2v) is 5.91. The highest BCUT2D eigenvalue weighted by Gasteiger charge is 2.18. The molecule has 1 aromatic heterocycles. The average molecular weight is 278 g/mol. The molecule has 0 radical (unpaired) electrons. The van der Waals surface area contributed by atoms with Crippen molar-refractivity contribution in [2.24, 2.45) is 0 Å². The van der Waals surface area contributed by atoms with Gasteiger partial charge < -0.3 is 4.90 Å². The topological polar surface area (TPSA) is 33.2 Å². The molecule has 1 fully saturated rings. The van der Waals surface area contributed by atoms with Gasteiger partial charge in [-0.2, -0.15) is 0 Å². The first-order chi connectivity index (χ1) is 9.27. The molecule has 0 spiro atoms. The Bertz CT molecular complexity index is 406. The maximum atomic E-state index is 12.2. The van der Waals surface area contributed by atoms with Crippen molar-refractivity contribution in [3.63, 3.8) is 0 Å². The van der Waals surface area contributed by atoms with Gasteiger partial charge in [-0.05, 0) is 18.9 Å². The summed E-state index contributed by atoms with van der Waals surface area (Å²) in [6.45, 7) is 0. The van der Waals surface area contributed by atoms with Crippen molar-refractivity contribution in [3.05, 3.63) is 22.7 Å². The molecule has 1 aliphatic carbocycles. The van der Waals surface area contributed by atoms with E-state index < -0.39 is 0 Å². The molecular formula is C15H22N2OS. The zero-order valence-electron chi connectivity index (χ0n) is 11.5. The van der Waals surface area contributed by atoms with Crippen LogP contribution in [-0.4, -0.2) is 28.9 Å². The standard InChI is InChI=1S/C15H22N2OS/c1-17(14-7-5-3-2-4-6-8-14)15(18)10-9-13-11-19-12-16-13/h9-12,14H,2-8H2,1H3/b10-9+. The van der Waals surface area contributed by atoms with Crippen LogP contribution in [0.25, 0.3) is 6.08 Å². The number of likely N-dealkylation sites (N-methyl/N-ethyl adjacent to an activating group) is 1. The summed E-state index contributed by atoms with van der Waals surface area (Å²) in [5.74, 6) is 0.0959. The van der Waals surface area contributed by atoms with Gasteiger partial charge in [-0.25, -0.2) is 4.98 Å². The Labute approximate surface area is 119 Å². The maximum Gasteiger partial charge on any atom is 0.246 e. The molecule has 19 heavy (non-hydrogen) atoms. The number of amides is 1. The smallest absolute Gasteiger partial charge is 0.246 e. The van der Waals surface area contributed by atoms with E-state index in [1.807, 2.05) is 17.3 Å². The molecule has 0 aromatic carbocycles. The van der Waals surface area contributed by atoms with Crippen molar-refractivity contribution >= 4 is 23.3 Å². The van der Waals surface area contributed by atoms with Crippen molar-refractivity contribution in [1.82, 2.24) is 9.88 Å². The van der Waals surface area contributed by atoms with E-state index in [2.05, 4.69) is 4.98 Å². The van der Waals surface area contributed by atoms with Crippen LogP contribution < -0.4 is 0 Å². The number of hydrogen-bond acceptors (Lipinski definition) is 3. The molecule has 3 nitrogen and oxygen atoms in total. The summed E-state index contributed by atoms with van der Waals surface area (Å²) in [5.41, 5.74) is 2.65. The fraction of sp³-hybridized carbons (Fsp3) is 0.600. The highest BCUT2D eigenvalue weighted by Crippen LogP contribution is 2.20. The Balaban J connectivity index is 1.89. The Morgan fingerprint density at radius 2 is 2.00 bits per heavy atom. The lowest BCUT2D eigenvalue weighted by Crippen LogP contribution is -2.36. The average Bonchev–Trinajstić information content (AvgIpc) is 2.88. The van der Waals surface area contributed by atoms with Crippen molar-refractivity contribution in [2.75, 3.05) is 7.05 Å². The summed E-state index contributed by atoms with van der Waals surface area (Å²) in [7, 11) is 1.93. The predicted molar refractivity (Wildman–Crippen MR) is 80.0 cm³/mol. The number of nitrogens with zero attached hydrogens (tertiary/aromatic N) is 2. The number of carbonyl (C=O) groups is 1. The van der Waals surface area contributed by atoms with E-state index in [0.717, 1.165) is 18.5 Å². The second kappa shape index (κ2) is 7.43. The Morgan fingerprint density at radius 3 is 2.63 bits per heavy atom. The second-order valence-electron chi connectivity index (χ2n) is 5.19. The number of rotatable bonds is 3. The third-order valence-electron chi connectivity index (χ3n) is 3.82. The molecule has 4 heteroatoms. The third-order valence-corrected chi connectivity index (χ3v) is 4.42. The van der Waals surface area contributed by atoms with E-state index in [-0.39, 0.29) is 5.91 Å². The van der Waals surface area contributed by atoms with Crippen molar-refractivity contribution < 1.29 is 4.79 Å². The quantitative estimate of drug-likeness (QED) is 0.789. The van der Waals surface area contributed by atoms with Gasteiger partial charge in [0, 0.05) is 24.5 Å². The summed E-state index contributed by atoms with van der Waals surface area (Å²) in [6, 6.07) is 0.410. The van der Waals surface area contributed by atoms with Crippen LogP contribution in [0.1, 0.15) is 50.6 Å². The fourth-order valence-electron chi connectivity index (χ4n) is 2.58. The molecule has 2 rings (SSSR count). The lowest BCUT2D eigenvalue weighted by atomic mass is 9.96. The SMILES string of the molecule is CN(C(=O)/C=C/c1cscn1)C1CCCCCCC1. The lowest BCUT2D eigenvalue weighted by molar-refractivity contribution is -0.127. The molecule has 0 bridgehead atoms. The lowest BCUT2D eigenvalue weighted by Gasteiger charge is -2.28. The van der Waals surface area contributed by atoms with Crippen molar-refractivity contribution in [1.29, 1.82) is 0 Å². The van der Waals surface area contributed by atoms with E-state index >= 15 is 0 Å². The molecular weight excluding hydrogens is 256 g/mol. The third kappa shape index (κ3) is 4.46. The van der Waals surface area contributed by atoms with Gasteiger partial charge in [0.15, 0.2) is 0 Å². The predicted octanol–water partition coefficient (Wildman–Crippen LogP) is 3.73. The van der Waals surface area contributed by atoms with E-state index in [0.29, 0.717) is 6.04 Å². The molecule has 1 amide bonds. The Morgan fingerprint density at radius 1 is 1.32 bits per heavy atom. The van der Waals surface area contributed by atoms with Crippen LogP contribution >= 0.6 is 11.3 Å². The molecule has 0 saturated heterocycles. The first-order valence-corrected chi connectivity index (χ1v) is 8.05. The van der Waals surface area contributed by atoms with Gasteiger partial charge in [-0.1, -0.05) is 32.1 Å². The number of thiazole rings is 1. The van der Waals surface area contributed by atoms with Gasteiger partial charge in [0.1, 0.15) is 0 Å². The van der Waals surface area contributed by atoms with Crippen LogP contribution in [0.5, 0.6) is 0 Å². The molecule has 0 N–H and O–H groups in total. The van der Waals surface area contributed by atoms with E-state index in [1.54, 1.807) is 29.0 Å². The summed E-state index contributed by atoms with van der Waals surface area (Å²) in [6.07, 6.45) is 12.2. The highest BCUT2D eigenvalue weighted by molar-refractivity contribution is 7.07. The molecule has 0 atom stereocenters. The van der Waals surface area contributed by atoms with E-state index in [1.165, 1.54) is 32.1 Å². The summed E-state index contributed by atoms with van der Waals surface area (Å²) in [5, 5.41) is 1.94. The van der Waals surface area contributed by atoms with Gasteiger partial charge in [0.05, 0.1) is 11.2 Å². The van der Waals surface area contributed by atoms with Crippen LogP contribution in [0.3, 0.4) is 0 Å². The molecule has 0 aliphatic heterocycles. The normalized spacial score (nSPS) is 18.2. The molecule has 1 aliphatic rings. The van der Waals surface area contributed by atoms with Gasteiger partial charge in [-0.15, -0.1) is 11.3 Å². The molecule has 0 unspecified atom stereocenters. The van der Waals surface area contributed by atoms with Crippen LogP contribution in [-0.2, 0) is 4.79 Å². The molecule has 1 saturated carbocycles. The first kappa shape index (κ1) is 14.3. The number of hydrogen-bond donors (Lipinski definition) is 0.